The van der Waals surface area contributed by atoms with Gasteiger partial charge in [0.15, 0.2) is 11.5 Å². The van der Waals surface area contributed by atoms with E-state index in [1.807, 2.05) is 49.4 Å². The number of nitrogens with one attached hydrogen (secondary N) is 1. The van der Waals surface area contributed by atoms with Crippen LogP contribution in [0.5, 0.6) is 11.5 Å². The molecule has 0 atom stereocenters. The Morgan fingerprint density at radius 1 is 1.17 bits per heavy atom. The van der Waals surface area contributed by atoms with Crippen molar-refractivity contribution in [3.63, 3.8) is 0 Å². The second-order valence-corrected chi connectivity index (χ2v) is 6.74. The highest BCUT2D eigenvalue weighted by atomic mass is 16.6. The van der Waals surface area contributed by atoms with E-state index in [4.69, 9.17) is 14.7 Å². The van der Waals surface area contributed by atoms with E-state index in [-0.39, 0.29) is 5.91 Å². The van der Waals surface area contributed by atoms with E-state index in [9.17, 15) is 4.79 Å². The monoisotopic (exact) mass is 388 g/mol. The van der Waals surface area contributed by atoms with Gasteiger partial charge in [0.05, 0.1) is 24.6 Å². The molecule has 4 rings (SSSR count). The molecule has 2 heterocycles. The van der Waals surface area contributed by atoms with Crippen LogP contribution in [0, 0.1) is 18.3 Å². The quantitative estimate of drug-likeness (QED) is 0.718. The number of fused-ring (bicyclic) bond motifs is 1. The zero-order valence-corrected chi connectivity index (χ0v) is 16.0. The molecular weight excluding hydrogens is 368 g/mol. The number of amides is 1. The SMILES string of the molecule is Cc1ccc(NC(=O)c2cn(CCC#N)nc2-c2ccc3c(c2)OCCO3)cc1. The van der Waals surface area contributed by atoms with Crippen LogP contribution in [0.15, 0.2) is 48.7 Å². The van der Waals surface area contributed by atoms with Crippen LogP contribution in [0.2, 0.25) is 0 Å². The lowest BCUT2D eigenvalue weighted by Crippen LogP contribution is -2.15. The Labute approximate surface area is 168 Å². The summed E-state index contributed by atoms with van der Waals surface area (Å²) in [5.74, 6) is 1.04. The van der Waals surface area contributed by atoms with E-state index in [0.29, 0.717) is 54.6 Å². The van der Waals surface area contributed by atoms with Gasteiger partial charge in [-0.25, -0.2) is 0 Å². The molecule has 0 saturated carbocycles. The highest BCUT2D eigenvalue weighted by Gasteiger charge is 2.21. The van der Waals surface area contributed by atoms with Crippen molar-refractivity contribution in [3.8, 4) is 28.8 Å². The second kappa shape index (κ2) is 8.07. The molecule has 1 aromatic heterocycles. The summed E-state index contributed by atoms with van der Waals surface area (Å²) in [5.41, 5.74) is 3.53. The van der Waals surface area contributed by atoms with Crippen LogP contribution in [0.4, 0.5) is 5.69 Å². The van der Waals surface area contributed by atoms with Gasteiger partial charge in [0.1, 0.15) is 18.9 Å². The maximum Gasteiger partial charge on any atom is 0.259 e. The minimum Gasteiger partial charge on any atom is -0.486 e. The molecule has 1 N–H and O–H groups in total. The molecule has 0 unspecified atom stereocenters. The van der Waals surface area contributed by atoms with Gasteiger partial charge in [-0.2, -0.15) is 10.4 Å². The zero-order valence-electron chi connectivity index (χ0n) is 16.0. The maximum absolute atomic E-state index is 13.0. The number of aromatic nitrogens is 2. The number of carbonyl (C=O) groups excluding carboxylic acids is 1. The minimum atomic E-state index is -0.262. The summed E-state index contributed by atoms with van der Waals surface area (Å²) in [7, 11) is 0. The van der Waals surface area contributed by atoms with Crippen molar-refractivity contribution in [2.24, 2.45) is 0 Å². The Hall–Kier alpha value is -3.79. The lowest BCUT2D eigenvalue weighted by atomic mass is 10.1. The smallest absolute Gasteiger partial charge is 0.259 e. The van der Waals surface area contributed by atoms with Gasteiger partial charge >= 0.3 is 0 Å². The third-order valence-corrected chi connectivity index (χ3v) is 4.58. The predicted molar refractivity (Wildman–Crippen MR) is 108 cm³/mol. The van der Waals surface area contributed by atoms with E-state index in [2.05, 4.69) is 16.5 Å². The number of nitrogens with zero attached hydrogens (tertiary/aromatic N) is 3. The summed E-state index contributed by atoms with van der Waals surface area (Å²) >= 11 is 0. The maximum atomic E-state index is 13.0. The number of nitriles is 1. The molecule has 0 aliphatic carbocycles. The topological polar surface area (TPSA) is 89.2 Å². The summed E-state index contributed by atoms with van der Waals surface area (Å²) < 4.78 is 12.9. The van der Waals surface area contributed by atoms with Gasteiger partial charge in [0, 0.05) is 17.4 Å². The Morgan fingerprint density at radius 3 is 2.69 bits per heavy atom. The summed E-state index contributed by atoms with van der Waals surface area (Å²) in [4.78, 5) is 13.0. The zero-order chi connectivity index (χ0) is 20.2. The number of benzene rings is 2. The molecule has 1 aliphatic rings. The van der Waals surface area contributed by atoms with Gasteiger partial charge in [-0.3, -0.25) is 9.48 Å². The Kier molecular flexibility index (Phi) is 5.16. The Balaban J connectivity index is 1.68. The molecule has 7 heteroatoms. The molecule has 2 aromatic carbocycles. The lowest BCUT2D eigenvalue weighted by molar-refractivity contribution is 0.102. The van der Waals surface area contributed by atoms with Crippen LogP contribution >= 0.6 is 0 Å². The number of aryl methyl sites for hydroxylation is 2. The van der Waals surface area contributed by atoms with Gasteiger partial charge in [-0.05, 0) is 37.3 Å². The first-order valence-electron chi connectivity index (χ1n) is 9.36. The number of ether oxygens (including phenoxy) is 2. The van der Waals surface area contributed by atoms with E-state index in [1.54, 1.807) is 10.9 Å². The van der Waals surface area contributed by atoms with Crippen LogP contribution in [-0.4, -0.2) is 28.9 Å². The molecule has 3 aromatic rings. The van der Waals surface area contributed by atoms with Crippen molar-refractivity contribution in [3.05, 3.63) is 59.8 Å². The fourth-order valence-electron chi connectivity index (χ4n) is 3.11. The van der Waals surface area contributed by atoms with Crippen LogP contribution in [0.25, 0.3) is 11.3 Å². The van der Waals surface area contributed by atoms with E-state index >= 15 is 0 Å². The fourth-order valence-corrected chi connectivity index (χ4v) is 3.11. The molecule has 0 fully saturated rings. The highest BCUT2D eigenvalue weighted by Crippen LogP contribution is 2.35. The molecule has 0 radical (unpaired) electrons. The number of rotatable bonds is 5. The Morgan fingerprint density at radius 2 is 1.93 bits per heavy atom. The Bertz CT molecular complexity index is 1080. The van der Waals surface area contributed by atoms with Crippen molar-refractivity contribution < 1.29 is 14.3 Å². The van der Waals surface area contributed by atoms with E-state index < -0.39 is 0 Å². The first-order chi connectivity index (χ1) is 14.1. The average molecular weight is 388 g/mol. The summed E-state index contributed by atoms with van der Waals surface area (Å²) in [6, 6.07) is 15.2. The van der Waals surface area contributed by atoms with Crippen molar-refractivity contribution in [1.29, 1.82) is 5.26 Å². The predicted octanol–water partition coefficient (Wildman–Crippen LogP) is 3.80. The van der Waals surface area contributed by atoms with Crippen molar-refractivity contribution >= 4 is 11.6 Å². The average Bonchev–Trinajstić information content (AvgIpc) is 3.18. The third kappa shape index (κ3) is 4.06. The lowest BCUT2D eigenvalue weighted by Gasteiger charge is -2.18. The van der Waals surface area contributed by atoms with Gasteiger partial charge in [-0.1, -0.05) is 17.7 Å². The second-order valence-electron chi connectivity index (χ2n) is 6.74. The highest BCUT2D eigenvalue weighted by molar-refractivity contribution is 6.08. The normalized spacial score (nSPS) is 12.3. The number of hydrogen-bond acceptors (Lipinski definition) is 5. The number of hydrogen-bond donors (Lipinski definition) is 1. The van der Waals surface area contributed by atoms with Crippen molar-refractivity contribution in [2.75, 3.05) is 18.5 Å². The van der Waals surface area contributed by atoms with Crippen LogP contribution in [-0.2, 0) is 6.54 Å². The van der Waals surface area contributed by atoms with Crippen LogP contribution < -0.4 is 14.8 Å². The van der Waals surface area contributed by atoms with Crippen molar-refractivity contribution in [2.45, 2.75) is 19.9 Å². The third-order valence-electron chi connectivity index (χ3n) is 4.58. The molecule has 0 spiro atoms. The van der Waals surface area contributed by atoms with E-state index in [1.165, 1.54) is 0 Å². The first-order valence-corrected chi connectivity index (χ1v) is 9.36. The molecule has 29 heavy (non-hydrogen) atoms. The van der Waals surface area contributed by atoms with Gasteiger partial charge < -0.3 is 14.8 Å². The van der Waals surface area contributed by atoms with Gasteiger partial charge in [-0.15, -0.1) is 0 Å². The molecular formula is C22H20N4O3. The van der Waals surface area contributed by atoms with E-state index in [0.717, 1.165) is 11.1 Å². The van der Waals surface area contributed by atoms with Gasteiger partial charge in [0.2, 0.25) is 0 Å². The fraction of sp³-hybridized carbons (Fsp3) is 0.227. The first kappa shape index (κ1) is 18.6. The van der Waals surface area contributed by atoms with Crippen LogP contribution in [0.1, 0.15) is 22.3 Å². The minimum absolute atomic E-state index is 0.262. The number of anilines is 1. The molecule has 146 valence electrons. The molecule has 1 aliphatic heterocycles. The summed E-state index contributed by atoms with van der Waals surface area (Å²) in [5, 5.41) is 16.3. The molecule has 1 amide bonds. The van der Waals surface area contributed by atoms with Crippen LogP contribution in [0.3, 0.4) is 0 Å². The molecule has 7 nitrogen and oxygen atoms in total. The largest absolute Gasteiger partial charge is 0.486 e. The number of carbonyl (C=O) groups is 1. The summed E-state index contributed by atoms with van der Waals surface area (Å²) in [6.07, 6.45) is 1.98. The molecule has 0 bridgehead atoms. The summed E-state index contributed by atoms with van der Waals surface area (Å²) in [6.45, 7) is 3.39. The van der Waals surface area contributed by atoms with Crippen molar-refractivity contribution in [1.82, 2.24) is 9.78 Å². The molecule has 0 saturated heterocycles. The van der Waals surface area contributed by atoms with Gasteiger partial charge in [0.25, 0.3) is 5.91 Å². The standard InChI is InChI=1S/C22H20N4O3/c1-15-3-6-17(7-4-15)24-22(27)18-14-26(10-2-9-23)25-21(18)16-5-8-19-20(13-16)29-12-11-28-19/h3-8,13-14H,2,10-12H2,1H3,(H,24,27).